The van der Waals surface area contributed by atoms with E-state index >= 15 is 0 Å². The highest BCUT2D eigenvalue weighted by molar-refractivity contribution is 6.00. The molecule has 0 aliphatic rings. The van der Waals surface area contributed by atoms with E-state index in [9.17, 15) is 9.18 Å². The highest BCUT2D eigenvalue weighted by Gasteiger charge is 2.18. The molecule has 4 nitrogen and oxygen atoms in total. The van der Waals surface area contributed by atoms with Crippen molar-refractivity contribution < 1.29 is 13.6 Å². The first-order valence-electron chi connectivity index (χ1n) is 9.29. The minimum Gasteiger partial charge on any atom is -0.436 e. The van der Waals surface area contributed by atoms with E-state index in [1.54, 1.807) is 36.5 Å². The van der Waals surface area contributed by atoms with E-state index in [0.29, 0.717) is 28.3 Å². The Balaban J connectivity index is 1.60. The minimum absolute atomic E-state index is 0.143. The third-order valence-corrected chi connectivity index (χ3v) is 4.68. The van der Waals surface area contributed by atoms with E-state index in [-0.39, 0.29) is 17.8 Å². The van der Waals surface area contributed by atoms with Crippen molar-refractivity contribution in [1.29, 1.82) is 0 Å². The second-order valence-electron chi connectivity index (χ2n) is 6.69. The number of nitrogens with zero attached hydrogens (tertiary/aromatic N) is 1. The molecule has 29 heavy (non-hydrogen) atoms. The maximum absolute atomic E-state index is 13.2. The molecule has 0 aliphatic carbocycles. The van der Waals surface area contributed by atoms with Crippen LogP contribution in [0.4, 0.5) is 4.39 Å². The molecule has 1 N–H and O–H groups in total. The minimum atomic E-state index is -0.317. The molecule has 4 rings (SSSR count). The van der Waals surface area contributed by atoms with Gasteiger partial charge in [-0.05, 0) is 48.9 Å². The van der Waals surface area contributed by atoms with E-state index in [4.69, 9.17) is 4.42 Å². The number of carbonyl (C=O) groups is 1. The summed E-state index contributed by atoms with van der Waals surface area (Å²) in [7, 11) is 0. The smallest absolute Gasteiger partial charge is 0.252 e. The van der Waals surface area contributed by atoms with Crippen molar-refractivity contribution in [3.63, 3.8) is 0 Å². The average Bonchev–Trinajstić information content (AvgIpc) is 3.25. The zero-order chi connectivity index (χ0) is 20.2. The summed E-state index contributed by atoms with van der Waals surface area (Å²) in [6.45, 7) is 1.94. The van der Waals surface area contributed by atoms with Crippen molar-refractivity contribution in [3.8, 4) is 22.8 Å². The van der Waals surface area contributed by atoms with Crippen LogP contribution < -0.4 is 5.32 Å². The van der Waals surface area contributed by atoms with Gasteiger partial charge in [0.25, 0.3) is 5.91 Å². The Morgan fingerprint density at radius 1 is 0.966 bits per heavy atom. The number of rotatable bonds is 5. The summed E-state index contributed by atoms with van der Waals surface area (Å²) in [6, 6.07) is 22.8. The molecule has 0 spiro atoms. The topological polar surface area (TPSA) is 55.1 Å². The Morgan fingerprint density at radius 3 is 2.41 bits per heavy atom. The van der Waals surface area contributed by atoms with Crippen LogP contribution in [0.3, 0.4) is 0 Å². The third kappa shape index (κ3) is 4.09. The van der Waals surface area contributed by atoms with E-state index in [0.717, 1.165) is 5.56 Å². The largest absolute Gasteiger partial charge is 0.436 e. The van der Waals surface area contributed by atoms with Gasteiger partial charge < -0.3 is 9.73 Å². The summed E-state index contributed by atoms with van der Waals surface area (Å²) in [6.07, 6.45) is 1.57. The molecule has 144 valence electrons. The van der Waals surface area contributed by atoms with Gasteiger partial charge in [0.05, 0.1) is 17.8 Å². The second-order valence-corrected chi connectivity index (χ2v) is 6.69. The summed E-state index contributed by atoms with van der Waals surface area (Å²) in [4.78, 5) is 17.2. The number of aromatic nitrogens is 1. The lowest BCUT2D eigenvalue weighted by Gasteiger charge is -2.15. The molecule has 4 aromatic rings. The van der Waals surface area contributed by atoms with Crippen molar-refractivity contribution in [2.45, 2.75) is 13.0 Å². The van der Waals surface area contributed by atoms with Crippen molar-refractivity contribution in [1.82, 2.24) is 10.3 Å². The highest BCUT2D eigenvalue weighted by atomic mass is 19.1. The molecule has 1 amide bonds. The number of hydrogen-bond donors (Lipinski definition) is 1. The molecule has 0 saturated heterocycles. The number of halogens is 1. The first-order chi connectivity index (χ1) is 14.1. The Kier molecular flexibility index (Phi) is 5.20. The number of oxazole rings is 1. The van der Waals surface area contributed by atoms with Crippen molar-refractivity contribution >= 4 is 5.91 Å². The van der Waals surface area contributed by atoms with E-state index in [1.807, 2.05) is 43.3 Å². The Hall–Kier alpha value is -3.73. The van der Waals surface area contributed by atoms with Crippen LogP contribution in [-0.4, -0.2) is 10.9 Å². The quantitative estimate of drug-likeness (QED) is 0.483. The van der Waals surface area contributed by atoms with Gasteiger partial charge in [-0.15, -0.1) is 0 Å². The van der Waals surface area contributed by atoms with Gasteiger partial charge in [-0.2, -0.15) is 0 Å². The third-order valence-electron chi connectivity index (χ3n) is 4.68. The fourth-order valence-electron chi connectivity index (χ4n) is 3.11. The normalized spacial score (nSPS) is 11.8. The van der Waals surface area contributed by atoms with Gasteiger partial charge in [-0.1, -0.05) is 42.5 Å². The van der Waals surface area contributed by atoms with Crippen molar-refractivity contribution in [2.24, 2.45) is 0 Å². The summed E-state index contributed by atoms with van der Waals surface area (Å²) >= 11 is 0. The predicted octanol–water partition coefficient (Wildman–Crippen LogP) is 5.64. The van der Waals surface area contributed by atoms with Gasteiger partial charge >= 0.3 is 0 Å². The fourth-order valence-corrected chi connectivity index (χ4v) is 3.11. The molecule has 1 aromatic heterocycles. The molecular formula is C24H19FN2O2. The standard InChI is InChI=1S/C24H19FN2O2/c1-16(17-7-3-2-4-8-17)27-23(28)20-9-5-6-10-21(20)24-26-15-22(29-24)18-11-13-19(25)14-12-18/h2-16H,1H3,(H,27,28)/t16-/m0/s1. The van der Waals surface area contributed by atoms with Crippen LogP contribution in [0, 0.1) is 5.82 Å². The van der Waals surface area contributed by atoms with Crippen LogP contribution in [0.2, 0.25) is 0 Å². The van der Waals surface area contributed by atoms with E-state index in [2.05, 4.69) is 10.3 Å². The Morgan fingerprint density at radius 2 is 1.66 bits per heavy atom. The van der Waals surface area contributed by atoms with E-state index < -0.39 is 0 Å². The number of hydrogen-bond acceptors (Lipinski definition) is 3. The number of nitrogens with one attached hydrogen (secondary N) is 1. The summed E-state index contributed by atoms with van der Waals surface area (Å²) in [5.41, 5.74) is 2.80. The van der Waals surface area contributed by atoms with Crippen LogP contribution >= 0.6 is 0 Å². The molecule has 0 aliphatic heterocycles. The molecule has 0 bridgehead atoms. The van der Waals surface area contributed by atoms with Crippen molar-refractivity contribution in [3.05, 3.63) is 102 Å². The first-order valence-corrected chi connectivity index (χ1v) is 9.29. The maximum atomic E-state index is 13.2. The molecule has 0 radical (unpaired) electrons. The maximum Gasteiger partial charge on any atom is 0.252 e. The van der Waals surface area contributed by atoms with Crippen molar-refractivity contribution in [2.75, 3.05) is 0 Å². The Bertz CT molecular complexity index is 1120. The van der Waals surface area contributed by atoms with Gasteiger partial charge in [-0.25, -0.2) is 9.37 Å². The molecule has 0 saturated carbocycles. The van der Waals surface area contributed by atoms with Gasteiger partial charge in [0.2, 0.25) is 5.89 Å². The summed E-state index contributed by atoms with van der Waals surface area (Å²) in [5.74, 6) is 0.317. The van der Waals surface area contributed by atoms with Gasteiger partial charge in [-0.3, -0.25) is 4.79 Å². The van der Waals surface area contributed by atoms with Gasteiger partial charge in [0.1, 0.15) is 5.82 Å². The zero-order valence-corrected chi connectivity index (χ0v) is 15.8. The molecular weight excluding hydrogens is 367 g/mol. The van der Waals surface area contributed by atoms with Crippen LogP contribution in [0.15, 0.2) is 89.5 Å². The lowest BCUT2D eigenvalue weighted by molar-refractivity contribution is 0.0940. The van der Waals surface area contributed by atoms with E-state index in [1.165, 1.54) is 12.1 Å². The molecule has 5 heteroatoms. The lowest BCUT2D eigenvalue weighted by Crippen LogP contribution is -2.27. The molecule has 3 aromatic carbocycles. The fraction of sp³-hybridized carbons (Fsp3) is 0.0833. The molecule has 0 fully saturated rings. The Labute approximate surface area is 168 Å². The van der Waals surface area contributed by atoms with Gasteiger partial charge in [0, 0.05) is 11.1 Å². The van der Waals surface area contributed by atoms with Crippen LogP contribution in [0.1, 0.15) is 28.9 Å². The average molecular weight is 386 g/mol. The number of carbonyl (C=O) groups excluding carboxylic acids is 1. The monoisotopic (exact) mass is 386 g/mol. The summed E-state index contributed by atoms with van der Waals surface area (Å²) in [5, 5.41) is 3.02. The van der Waals surface area contributed by atoms with Crippen LogP contribution in [0.25, 0.3) is 22.8 Å². The van der Waals surface area contributed by atoms with Crippen LogP contribution in [-0.2, 0) is 0 Å². The highest BCUT2D eigenvalue weighted by Crippen LogP contribution is 2.28. The predicted molar refractivity (Wildman–Crippen MR) is 110 cm³/mol. The number of amides is 1. The molecule has 1 atom stereocenters. The first kappa shape index (κ1) is 18.6. The summed E-state index contributed by atoms with van der Waals surface area (Å²) < 4.78 is 19.0. The SMILES string of the molecule is C[C@H](NC(=O)c1ccccc1-c1ncc(-c2ccc(F)cc2)o1)c1ccccc1. The zero-order valence-electron chi connectivity index (χ0n) is 15.8. The van der Waals surface area contributed by atoms with Gasteiger partial charge in [0.15, 0.2) is 5.76 Å². The number of benzene rings is 3. The van der Waals surface area contributed by atoms with Crippen LogP contribution in [0.5, 0.6) is 0 Å². The lowest BCUT2D eigenvalue weighted by atomic mass is 10.0. The molecule has 1 heterocycles. The molecule has 0 unspecified atom stereocenters. The second kappa shape index (κ2) is 8.10.